The maximum absolute atomic E-state index is 12.3. The number of benzene rings is 11. The standard InChI is InChI=1S/C70H56N2O2/c1-6-48-30-38-54(39-31-48)71(65-26-15-25-60-59-24-14-23-58(69(59)74-70(60)65)57-22-11-9-18-49(57)7-2)63-42-34-50-33-41-62-64(43-35-51-32-40-61(63)67(50)68(51)62)72(55-36-28-45(3)29-37-55)66(73)27-12-17-46(4)52-19-13-20-53(44-52)56-21-10-8-16-47(56)5/h8-44,73H,4,6-7H2,1-3,5H3/b17-12-,66-27-. The molecule has 1 N–H and O–H groups in total. The molecular formula is C70H56N2O2. The summed E-state index contributed by atoms with van der Waals surface area (Å²) < 4.78 is 7.18. The fourth-order valence-corrected chi connectivity index (χ4v) is 11.0. The van der Waals surface area contributed by atoms with Gasteiger partial charge in [0.2, 0.25) is 0 Å². The number of hydrogen-bond acceptors (Lipinski definition) is 4. The van der Waals surface area contributed by atoms with E-state index < -0.39 is 0 Å². The van der Waals surface area contributed by atoms with Gasteiger partial charge in [-0.05, 0) is 147 Å². The zero-order valence-electron chi connectivity index (χ0n) is 42.2. The van der Waals surface area contributed by atoms with Gasteiger partial charge in [-0.1, -0.05) is 196 Å². The lowest BCUT2D eigenvalue weighted by Crippen LogP contribution is -2.16. The lowest BCUT2D eigenvalue weighted by molar-refractivity contribution is 0.403. The smallest absolute Gasteiger partial charge is 0.196 e. The molecule has 74 heavy (non-hydrogen) atoms. The van der Waals surface area contributed by atoms with Crippen LogP contribution in [0.1, 0.15) is 41.7 Å². The Morgan fingerprint density at radius 1 is 0.527 bits per heavy atom. The number of para-hydroxylation sites is 2. The predicted octanol–water partition coefficient (Wildman–Crippen LogP) is 19.8. The topological polar surface area (TPSA) is 39.9 Å². The summed E-state index contributed by atoms with van der Waals surface area (Å²) in [6, 6.07) is 73.6. The first-order valence-electron chi connectivity index (χ1n) is 25.7. The summed E-state index contributed by atoms with van der Waals surface area (Å²) in [5.41, 5.74) is 17.9. The molecule has 12 rings (SSSR count). The van der Waals surface area contributed by atoms with Gasteiger partial charge in [0.25, 0.3) is 0 Å². The highest BCUT2D eigenvalue weighted by molar-refractivity contribution is 6.28. The Bertz CT molecular complexity index is 4160. The molecule has 0 radical (unpaired) electrons. The van der Waals surface area contributed by atoms with Gasteiger partial charge in [-0.15, -0.1) is 0 Å². The number of aliphatic hydroxyl groups is 1. The minimum atomic E-state index is 0.0873. The summed E-state index contributed by atoms with van der Waals surface area (Å²) in [6.45, 7) is 13.1. The van der Waals surface area contributed by atoms with Crippen molar-refractivity contribution >= 4 is 88.3 Å². The summed E-state index contributed by atoms with van der Waals surface area (Å²) in [5.74, 6) is 0.0873. The molecule has 12 aromatic rings. The maximum Gasteiger partial charge on any atom is 0.196 e. The fraction of sp³-hybridized carbons (Fsp3) is 0.0857. The van der Waals surface area contributed by atoms with Crippen LogP contribution in [0.5, 0.6) is 0 Å². The van der Waals surface area contributed by atoms with Gasteiger partial charge in [-0.3, -0.25) is 4.90 Å². The third-order valence-corrected chi connectivity index (χ3v) is 14.9. The quantitative estimate of drug-likeness (QED) is 0.0710. The van der Waals surface area contributed by atoms with Crippen molar-refractivity contribution in [3.63, 3.8) is 0 Å². The van der Waals surface area contributed by atoms with Crippen molar-refractivity contribution < 1.29 is 9.52 Å². The normalized spacial score (nSPS) is 12.0. The van der Waals surface area contributed by atoms with Crippen LogP contribution in [0.3, 0.4) is 0 Å². The molecule has 11 aromatic carbocycles. The highest BCUT2D eigenvalue weighted by Crippen LogP contribution is 2.49. The van der Waals surface area contributed by atoms with Gasteiger partial charge in [0.1, 0.15) is 5.58 Å². The Morgan fingerprint density at radius 3 is 1.88 bits per heavy atom. The lowest BCUT2D eigenvalue weighted by Gasteiger charge is -2.29. The van der Waals surface area contributed by atoms with Crippen LogP contribution in [0.15, 0.2) is 241 Å². The second kappa shape index (κ2) is 19.1. The molecule has 1 aromatic heterocycles. The highest BCUT2D eigenvalue weighted by atomic mass is 16.3. The van der Waals surface area contributed by atoms with E-state index in [0.29, 0.717) is 0 Å². The number of anilines is 5. The molecule has 4 heteroatoms. The van der Waals surface area contributed by atoms with Crippen LogP contribution in [0.2, 0.25) is 0 Å². The van der Waals surface area contributed by atoms with Gasteiger partial charge in [0.15, 0.2) is 11.5 Å². The maximum atomic E-state index is 12.3. The van der Waals surface area contributed by atoms with Crippen molar-refractivity contribution in [1.82, 2.24) is 0 Å². The number of aryl methyl sites for hydroxylation is 4. The molecule has 0 spiro atoms. The van der Waals surface area contributed by atoms with E-state index in [2.05, 4.69) is 245 Å². The summed E-state index contributed by atoms with van der Waals surface area (Å²) in [4.78, 5) is 4.33. The molecule has 1 heterocycles. The summed E-state index contributed by atoms with van der Waals surface area (Å²) >= 11 is 0. The van der Waals surface area contributed by atoms with E-state index in [1.54, 1.807) is 6.08 Å². The summed E-state index contributed by atoms with van der Waals surface area (Å²) in [7, 11) is 0. The minimum Gasteiger partial charge on any atom is -0.494 e. The largest absolute Gasteiger partial charge is 0.494 e. The van der Waals surface area contributed by atoms with Crippen LogP contribution in [-0.2, 0) is 12.8 Å². The Kier molecular flexibility index (Phi) is 11.9. The van der Waals surface area contributed by atoms with Crippen molar-refractivity contribution in [2.75, 3.05) is 9.80 Å². The predicted molar refractivity (Wildman–Crippen MR) is 315 cm³/mol. The van der Waals surface area contributed by atoms with Gasteiger partial charge < -0.3 is 14.4 Å². The van der Waals surface area contributed by atoms with Crippen LogP contribution < -0.4 is 9.80 Å². The van der Waals surface area contributed by atoms with Crippen molar-refractivity contribution in [1.29, 1.82) is 0 Å². The molecule has 0 aliphatic rings. The Hall–Kier alpha value is -9.12. The van der Waals surface area contributed by atoms with E-state index in [4.69, 9.17) is 4.42 Å². The molecule has 0 saturated heterocycles. The van der Waals surface area contributed by atoms with Gasteiger partial charge >= 0.3 is 0 Å². The number of furan rings is 1. The van der Waals surface area contributed by atoms with Crippen LogP contribution in [0.25, 0.3) is 82.1 Å². The Labute approximate surface area is 433 Å². The number of allylic oxidation sites excluding steroid dienone is 4. The van der Waals surface area contributed by atoms with E-state index in [-0.39, 0.29) is 5.88 Å². The van der Waals surface area contributed by atoms with Gasteiger partial charge in [0, 0.05) is 38.5 Å². The molecule has 0 fully saturated rings. The zero-order valence-corrected chi connectivity index (χ0v) is 42.2. The monoisotopic (exact) mass is 956 g/mol. The average molecular weight is 957 g/mol. The van der Waals surface area contributed by atoms with E-state index in [1.165, 1.54) is 27.8 Å². The second-order valence-electron chi connectivity index (χ2n) is 19.4. The van der Waals surface area contributed by atoms with Gasteiger partial charge in [-0.25, -0.2) is 0 Å². The first-order chi connectivity index (χ1) is 36.3. The third kappa shape index (κ3) is 8.06. The molecular weight excluding hydrogens is 901 g/mol. The van der Waals surface area contributed by atoms with Gasteiger partial charge in [0.05, 0.1) is 17.1 Å². The molecule has 0 aliphatic carbocycles. The van der Waals surface area contributed by atoms with Crippen molar-refractivity contribution in [2.45, 2.75) is 40.5 Å². The van der Waals surface area contributed by atoms with Crippen LogP contribution >= 0.6 is 0 Å². The van der Waals surface area contributed by atoms with E-state index in [0.717, 1.165) is 123 Å². The number of nitrogens with zero attached hydrogens (tertiary/aromatic N) is 2. The van der Waals surface area contributed by atoms with E-state index in [9.17, 15) is 5.11 Å². The minimum absolute atomic E-state index is 0.0873. The summed E-state index contributed by atoms with van der Waals surface area (Å²) in [5, 5.41) is 21.2. The first-order valence-corrected chi connectivity index (χ1v) is 25.7. The van der Waals surface area contributed by atoms with E-state index in [1.807, 2.05) is 17.1 Å². The fourth-order valence-electron chi connectivity index (χ4n) is 11.0. The number of hydrogen-bond donors (Lipinski definition) is 1. The number of aliphatic hydroxyl groups excluding tert-OH is 1. The molecule has 0 unspecified atom stereocenters. The molecule has 0 amide bonds. The SMILES string of the molecule is C=C(/C=C\C=C(/O)N(c1ccc(C)cc1)c1ccc2ccc3c(N(c4ccc(CC)cc4)c4cccc5c4oc4c(-c6ccccc6CC)cccc45)ccc4ccc1c2c43)c1cccc(-c2ccccc2C)c1. The summed E-state index contributed by atoms with van der Waals surface area (Å²) in [6.07, 6.45) is 7.48. The van der Waals surface area contributed by atoms with E-state index >= 15 is 0 Å². The average Bonchev–Trinajstić information content (AvgIpc) is 3.85. The van der Waals surface area contributed by atoms with Crippen LogP contribution in [0, 0.1) is 13.8 Å². The molecule has 0 bridgehead atoms. The number of rotatable bonds is 13. The second-order valence-corrected chi connectivity index (χ2v) is 19.4. The number of fused-ring (bicyclic) bond motifs is 3. The third-order valence-electron chi connectivity index (χ3n) is 14.9. The first kappa shape index (κ1) is 46.0. The molecule has 0 saturated carbocycles. The van der Waals surface area contributed by atoms with Crippen LogP contribution in [-0.4, -0.2) is 5.11 Å². The van der Waals surface area contributed by atoms with Crippen LogP contribution in [0.4, 0.5) is 28.4 Å². The zero-order chi connectivity index (χ0) is 50.5. The molecule has 0 atom stereocenters. The van der Waals surface area contributed by atoms with Crippen molar-refractivity contribution in [3.05, 3.63) is 265 Å². The van der Waals surface area contributed by atoms with Crippen molar-refractivity contribution in [2.24, 2.45) is 0 Å². The Balaban J connectivity index is 1.00. The molecule has 4 nitrogen and oxygen atoms in total. The molecule has 0 aliphatic heterocycles. The molecule has 358 valence electrons. The highest BCUT2D eigenvalue weighted by Gasteiger charge is 2.25. The van der Waals surface area contributed by atoms with Gasteiger partial charge in [-0.2, -0.15) is 0 Å². The lowest BCUT2D eigenvalue weighted by atomic mass is 9.91. The van der Waals surface area contributed by atoms with Crippen molar-refractivity contribution in [3.8, 4) is 22.3 Å². The Morgan fingerprint density at radius 2 is 1.15 bits per heavy atom.